The van der Waals surface area contributed by atoms with Crippen LogP contribution >= 0.6 is 0 Å². The fraction of sp³-hybridized carbons (Fsp3) is 0.520. The Morgan fingerprint density at radius 3 is 1.29 bits per heavy atom. The van der Waals surface area contributed by atoms with Crippen molar-refractivity contribution in [3.63, 3.8) is 0 Å². The molecule has 0 aliphatic carbocycles. The molecule has 0 unspecified atom stereocenters. The molecular weight excluding hydrogens is 346 g/mol. The van der Waals surface area contributed by atoms with Crippen LogP contribution in [0.25, 0.3) is 0 Å². The molecule has 3 heteroatoms. The molecule has 0 amide bonds. The van der Waals surface area contributed by atoms with Crippen LogP contribution < -0.4 is 0 Å². The van der Waals surface area contributed by atoms with Crippen LogP contribution in [-0.2, 0) is 23.9 Å². The number of benzene rings is 2. The lowest BCUT2D eigenvalue weighted by atomic mass is 9.84. The molecule has 28 heavy (non-hydrogen) atoms. The molecule has 0 saturated heterocycles. The van der Waals surface area contributed by atoms with E-state index in [1.807, 2.05) is 7.05 Å². The second-order valence-electron chi connectivity index (χ2n) is 10.3. The smallest absolute Gasteiger partial charge is 0.123 e. The molecule has 0 aliphatic rings. The van der Waals surface area contributed by atoms with Crippen molar-refractivity contribution in [3.05, 3.63) is 57.6 Å². The van der Waals surface area contributed by atoms with E-state index in [0.717, 1.165) is 33.4 Å². The molecule has 0 heterocycles. The zero-order valence-corrected chi connectivity index (χ0v) is 19.1. The number of aryl methyl sites for hydroxylation is 2. The Labute approximate surface area is 171 Å². The summed E-state index contributed by atoms with van der Waals surface area (Å²) in [5.41, 5.74) is 5.89. The van der Waals surface area contributed by atoms with Gasteiger partial charge < -0.3 is 10.2 Å². The maximum atomic E-state index is 10.8. The lowest BCUT2D eigenvalue weighted by molar-refractivity contribution is 0.304. The number of hydrogen-bond acceptors (Lipinski definition) is 3. The average molecular weight is 384 g/mol. The Bertz CT molecular complexity index is 783. The molecule has 2 N–H and O–H groups in total. The average Bonchev–Trinajstić information content (AvgIpc) is 2.51. The third-order valence-corrected chi connectivity index (χ3v) is 5.16. The second kappa shape index (κ2) is 7.79. The van der Waals surface area contributed by atoms with Gasteiger partial charge in [-0.05, 0) is 42.9 Å². The maximum absolute atomic E-state index is 10.8. The van der Waals surface area contributed by atoms with Crippen molar-refractivity contribution < 1.29 is 10.2 Å². The highest BCUT2D eigenvalue weighted by Crippen LogP contribution is 2.37. The normalized spacial score (nSPS) is 12.6. The summed E-state index contributed by atoms with van der Waals surface area (Å²) in [4.78, 5) is 2.14. The molecule has 0 aromatic heterocycles. The molecule has 3 nitrogen and oxygen atoms in total. The van der Waals surface area contributed by atoms with Gasteiger partial charge in [0.2, 0.25) is 0 Å². The quantitative estimate of drug-likeness (QED) is 0.686. The maximum Gasteiger partial charge on any atom is 0.123 e. The van der Waals surface area contributed by atoms with Gasteiger partial charge in [0.1, 0.15) is 11.5 Å². The van der Waals surface area contributed by atoms with Crippen LogP contribution in [0.5, 0.6) is 11.5 Å². The van der Waals surface area contributed by atoms with Gasteiger partial charge in [-0.3, -0.25) is 4.90 Å². The summed E-state index contributed by atoms with van der Waals surface area (Å²) in [7, 11) is 2.02. The van der Waals surface area contributed by atoms with E-state index in [0.29, 0.717) is 24.6 Å². The highest BCUT2D eigenvalue weighted by molar-refractivity contribution is 5.48. The minimum atomic E-state index is -0.111. The van der Waals surface area contributed by atoms with Gasteiger partial charge >= 0.3 is 0 Å². The number of nitrogens with zero attached hydrogens (tertiary/aromatic N) is 1. The molecule has 2 aromatic rings. The largest absolute Gasteiger partial charge is 0.507 e. The molecule has 2 rings (SSSR count). The van der Waals surface area contributed by atoms with E-state index in [1.54, 1.807) is 0 Å². The lowest BCUT2D eigenvalue weighted by Crippen LogP contribution is -2.20. The summed E-state index contributed by atoms with van der Waals surface area (Å²) in [6.07, 6.45) is 0. The standard InChI is InChI=1S/C25H37NO2/c1-16-10-18(22(27)20(12-16)24(3,4)5)14-26(9)15-19-11-17(2)13-21(23(19)28)25(6,7)8/h10-13,27-28H,14-15H2,1-9H3. The predicted octanol–water partition coefficient (Wildman–Crippen LogP) is 5.94. The summed E-state index contributed by atoms with van der Waals surface area (Å²) in [5, 5.41) is 21.7. The molecule has 0 saturated carbocycles. The van der Waals surface area contributed by atoms with Crippen LogP contribution in [0.3, 0.4) is 0 Å². The van der Waals surface area contributed by atoms with Gasteiger partial charge in [0.05, 0.1) is 0 Å². The third-order valence-electron chi connectivity index (χ3n) is 5.16. The first kappa shape index (κ1) is 22.3. The number of phenols is 2. The van der Waals surface area contributed by atoms with E-state index in [-0.39, 0.29) is 10.8 Å². The summed E-state index contributed by atoms with van der Waals surface area (Å²) in [6, 6.07) is 8.25. The zero-order valence-electron chi connectivity index (χ0n) is 19.1. The minimum absolute atomic E-state index is 0.111. The van der Waals surface area contributed by atoms with Crippen molar-refractivity contribution in [3.8, 4) is 11.5 Å². The Kier molecular flexibility index (Phi) is 6.20. The Morgan fingerprint density at radius 1 is 0.679 bits per heavy atom. The fourth-order valence-electron chi connectivity index (χ4n) is 3.73. The van der Waals surface area contributed by atoms with E-state index in [1.165, 1.54) is 0 Å². The number of aromatic hydroxyl groups is 2. The van der Waals surface area contributed by atoms with Gasteiger partial charge in [-0.15, -0.1) is 0 Å². The molecule has 0 spiro atoms. The number of phenolic OH excluding ortho intramolecular Hbond substituents is 2. The second-order valence-corrected chi connectivity index (χ2v) is 10.3. The van der Waals surface area contributed by atoms with Crippen LogP contribution in [0, 0.1) is 13.8 Å². The van der Waals surface area contributed by atoms with Gasteiger partial charge in [0.15, 0.2) is 0 Å². The highest BCUT2D eigenvalue weighted by Gasteiger charge is 2.23. The van der Waals surface area contributed by atoms with Crippen molar-refractivity contribution in [2.24, 2.45) is 0 Å². The van der Waals surface area contributed by atoms with Crippen LogP contribution in [-0.4, -0.2) is 22.2 Å². The zero-order chi connectivity index (χ0) is 21.4. The first-order chi connectivity index (χ1) is 12.7. The molecule has 0 bridgehead atoms. The van der Waals surface area contributed by atoms with E-state index in [4.69, 9.17) is 0 Å². The fourth-order valence-corrected chi connectivity index (χ4v) is 3.73. The topological polar surface area (TPSA) is 43.7 Å². The van der Waals surface area contributed by atoms with Crippen molar-refractivity contribution in [2.75, 3.05) is 7.05 Å². The van der Waals surface area contributed by atoms with Crippen LogP contribution in [0.15, 0.2) is 24.3 Å². The summed E-state index contributed by atoms with van der Waals surface area (Å²) >= 11 is 0. The van der Waals surface area contributed by atoms with Crippen molar-refractivity contribution in [1.82, 2.24) is 4.90 Å². The van der Waals surface area contributed by atoms with Gasteiger partial charge in [-0.1, -0.05) is 76.9 Å². The molecule has 0 atom stereocenters. The Balaban J connectivity index is 2.33. The van der Waals surface area contributed by atoms with Crippen LogP contribution in [0.2, 0.25) is 0 Å². The van der Waals surface area contributed by atoms with Gasteiger partial charge in [0.25, 0.3) is 0 Å². The van der Waals surface area contributed by atoms with Crippen LogP contribution in [0.1, 0.15) is 74.9 Å². The van der Waals surface area contributed by atoms with Gasteiger partial charge in [-0.25, -0.2) is 0 Å². The summed E-state index contributed by atoms with van der Waals surface area (Å²) in [5.74, 6) is 0.766. The van der Waals surface area contributed by atoms with Crippen molar-refractivity contribution >= 4 is 0 Å². The van der Waals surface area contributed by atoms with E-state index in [2.05, 4.69) is 84.6 Å². The molecule has 154 valence electrons. The van der Waals surface area contributed by atoms with Gasteiger partial charge in [0, 0.05) is 24.2 Å². The Hall–Kier alpha value is -2.00. The first-order valence-electron chi connectivity index (χ1n) is 10.0. The van der Waals surface area contributed by atoms with E-state index in [9.17, 15) is 10.2 Å². The molecule has 0 radical (unpaired) electrons. The summed E-state index contributed by atoms with van der Waals surface area (Å²) < 4.78 is 0. The van der Waals surface area contributed by atoms with E-state index >= 15 is 0 Å². The first-order valence-corrected chi connectivity index (χ1v) is 10.0. The molecule has 2 aromatic carbocycles. The number of hydrogen-bond donors (Lipinski definition) is 2. The highest BCUT2D eigenvalue weighted by atomic mass is 16.3. The van der Waals surface area contributed by atoms with E-state index < -0.39 is 0 Å². The third kappa shape index (κ3) is 5.08. The predicted molar refractivity (Wildman–Crippen MR) is 118 cm³/mol. The van der Waals surface area contributed by atoms with Gasteiger partial charge in [-0.2, -0.15) is 0 Å². The van der Waals surface area contributed by atoms with Crippen molar-refractivity contribution in [2.45, 2.75) is 79.3 Å². The molecule has 0 aliphatic heterocycles. The van der Waals surface area contributed by atoms with Crippen molar-refractivity contribution in [1.29, 1.82) is 0 Å². The Morgan fingerprint density at radius 2 is 1.00 bits per heavy atom. The monoisotopic (exact) mass is 383 g/mol. The SMILES string of the molecule is Cc1cc(CN(C)Cc2cc(C)cc(C(C)(C)C)c2O)c(O)c(C(C)(C)C)c1. The number of rotatable bonds is 4. The van der Waals surface area contributed by atoms with Crippen LogP contribution in [0.4, 0.5) is 0 Å². The summed E-state index contributed by atoms with van der Waals surface area (Å²) in [6.45, 7) is 18.1. The molecule has 0 fully saturated rings. The minimum Gasteiger partial charge on any atom is -0.507 e. The lowest BCUT2D eigenvalue weighted by Gasteiger charge is -2.26. The molecular formula is C25H37NO2.